The van der Waals surface area contributed by atoms with Gasteiger partial charge in [0, 0.05) is 17.7 Å². The molecule has 152 valence electrons. The highest BCUT2D eigenvalue weighted by atomic mass is 14.7. The zero-order valence-electron chi connectivity index (χ0n) is 19.2. The molecule has 0 saturated heterocycles. The van der Waals surface area contributed by atoms with Crippen LogP contribution in [0.1, 0.15) is 55.5 Å². The van der Waals surface area contributed by atoms with Crippen molar-refractivity contribution in [3.8, 4) is 0 Å². The van der Waals surface area contributed by atoms with E-state index in [0.717, 1.165) is 5.69 Å². The van der Waals surface area contributed by atoms with Gasteiger partial charge >= 0.3 is 0 Å². The lowest BCUT2D eigenvalue weighted by atomic mass is 9.87. The van der Waals surface area contributed by atoms with Crippen LogP contribution in [0.2, 0.25) is 0 Å². The average Bonchev–Trinajstić information content (AvgIpc) is 2.90. The van der Waals surface area contributed by atoms with Crippen LogP contribution in [-0.4, -0.2) is 6.21 Å². The molecular weight excluding hydrogens is 362 g/mol. The second-order valence-electron chi connectivity index (χ2n) is 8.82. The maximum Gasteiger partial charge on any atom is 0.0688 e. The minimum absolute atomic E-state index is 0.432. The largest absolute Gasteiger partial charge is 0.256 e. The topological polar surface area (TPSA) is 12.4 Å². The molecule has 0 aromatic heterocycles. The van der Waals surface area contributed by atoms with E-state index in [4.69, 9.17) is 4.99 Å². The summed E-state index contributed by atoms with van der Waals surface area (Å²) in [6.45, 7) is 15.6. The van der Waals surface area contributed by atoms with E-state index in [1.54, 1.807) is 0 Å². The summed E-state index contributed by atoms with van der Waals surface area (Å²) in [6, 6.07) is 17.6. The maximum absolute atomic E-state index is 5.03. The van der Waals surface area contributed by atoms with Gasteiger partial charge in [-0.3, -0.25) is 4.99 Å². The molecule has 0 spiro atoms. The van der Waals surface area contributed by atoms with Gasteiger partial charge in [0.15, 0.2) is 0 Å². The Labute approximate surface area is 180 Å². The lowest BCUT2D eigenvalue weighted by molar-refractivity contribution is 0.895. The highest BCUT2D eigenvalue weighted by Gasteiger charge is 2.26. The second kappa shape index (κ2) is 7.72. The van der Waals surface area contributed by atoms with E-state index in [1.807, 2.05) is 0 Å². The summed E-state index contributed by atoms with van der Waals surface area (Å²) >= 11 is 0. The first-order chi connectivity index (χ1) is 14.3. The lowest BCUT2D eigenvalue weighted by Crippen LogP contribution is -2.02. The van der Waals surface area contributed by atoms with Gasteiger partial charge in [0.05, 0.1) is 5.69 Å². The first kappa shape index (κ1) is 20.3. The second-order valence-corrected chi connectivity index (χ2v) is 8.82. The molecule has 0 radical (unpaired) electrons. The summed E-state index contributed by atoms with van der Waals surface area (Å²) in [4.78, 5) is 5.03. The number of allylic oxidation sites excluding steroid dienone is 4. The highest BCUT2D eigenvalue weighted by molar-refractivity contribution is 6.06. The van der Waals surface area contributed by atoms with E-state index < -0.39 is 0 Å². The highest BCUT2D eigenvalue weighted by Crippen LogP contribution is 2.44. The molecule has 0 aliphatic heterocycles. The number of aliphatic imine (C=N–C) groups is 1. The molecule has 3 aromatic carbocycles. The minimum Gasteiger partial charge on any atom is -0.256 e. The van der Waals surface area contributed by atoms with Gasteiger partial charge in [0.1, 0.15) is 0 Å². The molecule has 1 atom stereocenters. The summed E-state index contributed by atoms with van der Waals surface area (Å²) in [5.41, 5.74) is 13.1. The minimum atomic E-state index is 0.432. The van der Waals surface area contributed by atoms with Crippen molar-refractivity contribution in [1.82, 2.24) is 0 Å². The summed E-state index contributed by atoms with van der Waals surface area (Å²) in [7, 11) is 0. The van der Waals surface area contributed by atoms with Crippen LogP contribution in [0.3, 0.4) is 0 Å². The van der Waals surface area contributed by atoms with Crippen molar-refractivity contribution >= 4 is 28.2 Å². The Morgan fingerprint density at radius 2 is 1.47 bits per heavy atom. The van der Waals surface area contributed by atoms with Crippen LogP contribution in [0.4, 0.5) is 5.69 Å². The fourth-order valence-corrected chi connectivity index (χ4v) is 4.97. The van der Waals surface area contributed by atoms with Gasteiger partial charge in [-0.2, -0.15) is 0 Å². The Morgan fingerprint density at radius 3 is 2.10 bits per heavy atom. The quantitative estimate of drug-likeness (QED) is 0.397. The van der Waals surface area contributed by atoms with Gasteiger partial charge in [-0.05, 0) is 85.7 Å². The molecule has 0 amide bonds. The number of hydrogen-bond acceptors (Lipinski definition) is 1. The van der Waals surface area contributed by atoms with Crippen molar-refractivity contribution < 1.29 is 0 Å². The molecule has 1 aliphatic carbocycles. The molecule has 1 aliphatic rings. The normalized spacial score (nSPS) is 17.1. The van der Waals surface area contributed by atoms with Crippen LogP contribution < -0.4 is 0 Å². The van der Waals surface area contributed by atoms with Crippen molar-refractivity contribution in [1.29, 1.82) is 0 Å². The molecule has 0 saturated carbocycles. The van der Waals surface area contributed by atoms with E-state index in [-0.39, 0.29) is 0 Å². The van der Waals surface area contributed by atoms with Crippen LogP contribution >= 0.6 is 0 Å². The summed E-state index contributed by atoms with van der Waals surface area (Å²) in [6.07, 6.45) is 2.10. The van der Waals surface area contributed by atoms with E-state index >= 15 is 0 Å². The third-order valence-electron chi connectivity index (χ3n) is 6.86. The molecule has 1 heteroatoms. The Hall–Kier alpha value is -2.93. The summed E-state index contributed by atoms with van der Waals surface area (Å²) in [5.74, 6) is 0.432. The Bertz CT molecular complexity index is 1230. The van der Waals surface area contributed by atoms with Gasteiger partial charge in [-0.15, -0.1) is 0 Å². The van der Waals surface area contributed by atoms with Crippen molar-refractivity contribution in [2.75, 3.05) is 0 Å². The van der Waals surface area contributed by atoms with Gasteiger partial charge < -0.3 is 0 Å². The number of hydrogen-bond donors (Lipinski definition) is 0. The van der Waals surface area contributed by atoms with Gasteiger partial charge in [0.25, 0.3) is 0 Å². The maximum atomic E-state index is 5.03. The average molecular weight is 394 g/mol. The zero-order valence-corrected chi connectivity index (χ0v) is 19.2. The van der Waals surface area contributed by atoms with Crippen molar-refractivity contribution in [3.63, 3.8) is 0 Å². The first-order valence-corrected chi connectivity index (χ1v) is 10.8. The SMILES string of the molecule is CC1=C(C)C(C)C(c2ccc3ccccc3c2/C=N/c2c(C)cc(C)cc2C)=C1C. The zero-order chi connectivity index (χ0) is 21.6. The van der Waals surface area contributed by atoms with E-state index in [9.17, 15) is 0 Å². The van der Waals surface area contributed by atoms with Crippen LogP contribution in [0.25, 0.3) is 16.3 Å². The molecule has 0 heterocycles. The van der Waals surface area contributed by atoms with Crippen LogP contribution in [-0.2, 0) is 0 Å². The Morgan fingerprint density at radius 1 is 0.800 bits per heavy atom. The molecule has 0 bridgehead atoms. The van der Waals surface area contributed by atoms with E-state index in [2.05, 4.69) is 103 Å². The predicted molar refractivity (Wildman–Crippen MR) is 132 cm³/mol. The monoisotopic (exact) mass is 393 g/mol. The van der Waals surface area contributed by atoms with Crippen molar-refractivity contribution in [3.05, 3.63) is 93.1 Å². The van der Waals surface area contributed by atoms with Crippen LogP contribution in [0.5, 0.6) is 0 Å². The number of aryl methyl sites for hydroxylation is 3. The van der Waals surface area contributed by atoms with E-state index in [0.29, 0.717) is 5.92 Å². The standard InChI is InChI=1S/C29H31N/c1-17-14-18(2)29(19(3)15-17)30-16-27-25-11-9-8-10-24(25)12-13-26(27)28-22(6)20(4)21(5)23(28)7/h8-16,22H,1-7H3/b30-16+. The molecule has 1 nitrogen and oxygen atoms in total. The fraction of sp³-hybridized carbons (Fsp3) is 0.276. The molecule has 30 heavy (non-hydrogen) atoms. The fourth-order valence-electron chi connectivity index (χ4n) is 4.97. The third-order valence-corrected chi connectivity index (χ3v) is 6.86. The number of benzene rings is 3. The van der Waals surface area contributed by atoms with Gasteiger partial charge in [0.2, 0.25) is 0 Å². The number of rotatable bonds is 3. The van der Waals surface area contributed by atoms with Crippen LogP contribution in [0.15, 0.2) is 70.2 Å². The number of fused-ring (bicyclic) bond motifs is 1. The van der Waals surface area contributed by atoms with E-state index in [1.165, 1.54) is 60.9 Å². The van der Waals surface area contributed by atoms with Crippen molar-refractivity contribution in [2.45, 2.75) is 48.5 Å². The molecular formula is C29H31N. The lowest BCUT2D eigenvalue weighted by Gasteiger charge is -2.17. The third kappa shape index (κ3) is 3.33. The molecule has 1 unspecified atom stereocenters. The molecule has 4 rings (SSSR count). The number of nitrogens with zero attached hydrogens (tertiary/aromatic N) is 1. The van der Waals surface area contributed by atoms with Gasteiger partial charge in [-0.25, -0.2) is 0 Å². The van der Waals surface area contributed by atoms with Gasteiger partial charge in [-0.1, -0.05) is 66.6 Å². The predicted octanol–water partition coefficient (Wildman–Crippen LogP) is 8.28. The first-order valence-electron chi connectivity index (χ1n) is 10.8. The molecule has 0 N–H and O–H groups in total. The molecule has 0 fully saturated rings. The Kier molecular flexibility index (Phi) is 5.24. The Balaban J connectivity index is 1.95. The summed E-state index contributed by atoms with van der Waals surface area (Å²) in [5, 5.41) is 2.52. The molecule has 3 aromatic rings. The van der Waals surface area contributed by atoms with Crippen molar-refractivity contribution in [2.24, 2.45) is 10.9 Å². The van der Waals surface area contributed by atoms with Crippen LogP contribution in [0, 0.1) is 26.7 Å². The summed E-state index contributed by atoms with van der Waals surface area (Å²) < 4.78 is 0. The smallest absolute Gasteiger partial charge is 0.0688 e.